The molecule has 0 spiro atoms. The van der Waals surface area contributed by atoms with Crippen LogP contribution in [-0.2, 0) is 0 Å². The van der Waals surface area contributed by atoms with E-state index >= 15 is 0 Å². The van der Waals surface area contributed by atoms with Gasteiger partial charge in [0.1, 0.15) is 5.82 Å². The highest BCUT2D eigenvalue weighted by atomic mass is 79.9. The number of hydrogen-bond donors (Lipinski definition) is 1. The first kappa shape index (κ1) is 14.1. The Balaban J connectivity index is 1.75. The minimum absolute atomic E-state index is 0.682. The van der Waals surface area contributed by atoms with Gasteiger partial charge in [0.15, 0.2) is 0 Å². The number of hydrogen-bond acceptors (Lipinski definition) is 2. The minimum atomic E-state index is 0.682. The number of pyridine rings is 1. The van der Waals surface area contributed by atoms with Crippen molar-refractivity contribution in [3.05, 3.63) is 21.8 Å². The van der Waals surface area contributed by atoms with E-state index in [-0.39, 0.29) is 0 Å². The molecule has 0 unspecified atom stereocenters. The van der Waals surface area contributed by atoms with Crippen LogP contribution in [0.1, 0.15) is 39.0 Å². The lowest BCUT2D eigenvalue weighted by Gasteiger charge is -2.26. The molecular formula is C14H20BrClN2. The summed E-state index contributed by atoms with van der Waals surface area (Å²) in [5.74, 6) is 2.60. The van der Waals surface area contributed by atoms with Crippen molar-refractivity contribution in [2.75, 3.05) is 11.9 Å². The summed E-state index contributed by atoms with van der Waals surface area (Å²) in [6.07, 6.45) is 8.54. The van der Waals surface area contributed by atoms with Crippen molar-refractivity contribution in [3.63, 3.8) is 0 Å². The van der Waals surface area contributed by atoms with Gasteiger partial charge in [-0.25, -0.2) is 4.98 Å². The Hall–Kier alpha value is -0.280. The SMILES string of the molecule is CC1CCC(CCNc2ncc(Br)cc2Cl)CC1. The van der Waals surface area contributed by atoms with Gasteiger partial charge in [0, 0.05) is 17.2 Å². The minimum Gasteiger partial charge on any atom is -0.369 e. The van der Waals surface area contributed by atoms with Crippen LogP contribution in [0, 0.1) is 11.8 Å². The lowest BCUT2D eigenvalue weighted by molar-refractivity contribution is 0.282. The summed E-state index contributed by atoms with van der Waals surface area (Å²) in [5.41, 5.74) is 0. The molecule has 1 saturated carbocycles. The van der Waals surface area contributed by atoms with Crippen LogP contribution in [0.2, 0.25) is 5.02 Å². The van der Waals surface area contributed by atoms with Crippen LogP contribution in [0.4, 0.5) is 5.82 Å². The Morgan fingerprint density at radius 2 is 2.11 bits per heavy atom. The summed E-state index contributed by atoms with van der Waals surface area (Å²) in [7, 11) is 0. The summed E-state index contributed by atoms with van der Waals surface area (Å²) in [4.78, 5) is 4.28. The fraction of sp³-hybridized carbons (Fsp3) is 0.643. The maximum atomic E-state index is 6.12. The number of halogens is 2. The van der Waals surface area contributed by atoms with Crippen LogP contribution in [-0.4, -0.2) is 11.5 Å². The van der Waals surface area contributed by atoms with Gasteiger partial charge in [0.05, 0.1) is 5.02 Å². The van der Waals surface area contributed by atoms with E-state index in [1.54, 1.807) is 6.20 Å². The summed E-state index contributed by atoms with van der Waals surface area (Å²) < 4.78 is 0.916. The van der Waals surface area contributed by atoms with Crippen LogP contribution < -0.4 is 5.32 Å². The second kappa shape index (κ2) is 6.76. The number of rotatable bonds is 4. The second-order valence-electron chi connectivity index (χ2n) is 5.33. The van der Waals surface area contributed by atoms with Crippen LogP contribution in [0.3, 0.4) is 0 Å². The van der Waals surface area contributed by atoms with Gasteiger partial charge < -0.3 is 5.32 Å². The maximum Gasteiger partial charge on any atom is 0.144 e. The predicted molar refractivity (Wildman–Crippen MR) is 81.2 cm³/mol. The zero-order valence-electron chi connectivity index (χ0n) is 10.8. The Bertz CT molecular complexity index is 389. The molecule has 1 aromatic rings. The van der Waals surface area contributed by atoms with Gasteiger partial charge >= 0.3 is 0 Å². The summed E-state index contributed by atoms with van der Waals surface area (Å²) in [6.45, 7) is 3.33. The first-order chi connectivity index (χ1) is 8.65. The van der Waals surface area contributed by atoms with Gasteiger partial charge in [-0.05, 0) is 40.3 Å². The van der Waals surface area contributed by atoms with Gasteiger partial charge in [-0.1, -0.05) is 44.2 Å². The van der Waals surface area contributed by atoms with Crippen molar-refractivity contribution in [3.8, 4) is 0 Å². The number of anilines is 1. The molecule has 4 heteroatoms. The zero-order chi connectivity index (χ0) is 13.0. The molecule has 0 radical (unpaired) electrons. The largest absolute Gasteiger partial charge is 0.369 e. The molecule has 0 atom stereocenters. The summed E-state index contributed by atoms with van der Waals surface area (Å²) in [5, 5.41) is 4.02. The second-order valence-corrected chi connectivity index (χ2v) is 6.65. The highest BCUT2D eigenvalue weighted by Crippen LogP contribution is 2.30. The van der Waals surface area contributed by atoms with Crippen molar-refractivity contribution in [1.82, 2.24) is 4.98 Å². The van der Waals surface area contributed by atoms with E-state index in [0.29, 0.717) is 5.02 Å². The van der Waals surface area contributed by atoms with E-state index in [9.17, 15) is 0 Å². The predicted octanol–water partition coefficient (Wildman–Crippen LogP) is 5.13. The molecule has 1 fully saturated rings. The third-order valence-corrected chi connectivity index (χ3v) is 4.51. The van der Waals surface area contributed by atoms with Gasteiger partial charge in [0.25, 0.3) is 0 Å². The first-order valence-electron chi connectivity index (χ1n) is 6.70. The number of aromatic nitrogens is 1. The van der Waals surface area contributed by atoms with Crippen LogP contribution >= 0.6 is 27.5 Å². The van der Waals surface area contributed by atoms with E-state index in [0.717, 1.165) is 28.7 Å². The summed E-state index contributed by atoms with van der Waals surface area (Å²) >= 11 is 9.47. The fourth-order valence-corrected chi connectivity index (χ4v) is 3.25. The van der Waals surface area contributed by atoms with Crippen molar-refractivity contribution >= 4 is 33.3 Å². The highest BCUT2D eigenvalue weighted by Gasteiger charge is 2.17. The van der Waals surface area contributed by atoms with Crippen molar-refractivity contribution in [2.24, 2.45) is 11.8 Å². The van der Waals surface area contributed by atoms with Crippen LogP contribution in [0.5, 0.6) is 0 Å². The van der Waals surface area contributed by atoms with E-state index in [2.05, 4.69) is 33.2 Å². The van der Waals surface area contributed by atoms with E-state index in [1.807, 2.05) is 6.07 Å². The molecule has 0 saturated heterocycles. The smallest absolute Gasteiger partial charge is 0.144 e. The van der Waals surface area contributed by atoms with Crippen LogP contribution in [0.15, 0.2) is 16.7 Å². The topological polar surface area (TPSA) is 24.9 Å². The molecule has 2 rings (SSSR count). The van der Waals surface area contributed by atoms with E-state index < -0.39 is 0 Å². The lowest BCUT2D eigenvalue weighted by Crippen LogP contribution is -2.16. The Morgan fingerprint density at radius 1 is 1.39 bits per heavy atom. The molecule has 1 aliphatic rings. The number of nitrogens with one attached hydrogen (secondary N) is 1. The lowest BCUT2D eigenvalue weighted by atomic mass is 9.81. The number of nitrogens with zero attached hydrogens (tertiary/aromatic N) is 1. The van der Waals surface area contributed by atoms with Crippen molar-refractivity contribution in [1.29, 1.82) is 0 Å². The Kier molecular flexibility index (Phi) is 5.31. The molecule has 1 N–H and O–H groups in total. The van der Waals surface area contributed by atoms with Gasteiger partial charge in [0.2, 0.25) is 0 Å². The average molecular weight is 332 g/mol. The molecule has 1 aliphatic carbocycles. The molecule has 1 heterocycles. The fourth-order valence-electron chi connectivity index (χ4n) is 2.56. The van der Waals surface area contributed by atoms with Gasteiger partial charge in [-0.15, -0.1) is 0 Å². The van der Waals surface area contributed by atoms with Crippen LogP contribution in [0.25, 0.3) is 0 Å². The Labute approximate surface area is 123 Å². The Morgan fingerprint density at radius 3 is 2.78 bits per heavy atom. The van der Waals surface area contributed by atoms with E-state index in [1.165, 1.54) is 32.1 Å². The standard InChI is InChI=1S/C14H20BrClN2/c1-10-2-4-11(5-3-10)6-7-17-14-13(16)8-12(15)9-18-14/h8-11H,2-7H2,1H3,(H,17,18). The average Bonchev–Trinajstić information content (AvgIpc) is 2.34. The molecule has 18 heavy (non-hydrogen) atoms. The summed E-state index contributed by atoms with van der Waals surface area (Å²) in [6, 6.07) is 1.87. The quantitative estimate of drug-likeness (QED) is 0.827. The normalized spacial score (nSPS) is 23.9. The zero-order valence-corrected chi connectivity index (χ0v) is 13.1. The third kappa shape index (κ3) is 4.13. The molecule has 0 aliphatic heterocycles. The van der Waals surface area contributed by atoms with Crippen molar-refractivity contribution < 1.29 is 0 Å². The van der Waals surface area contributed by atoms with Gasteiger partial charge in [-0.3, -0.25) is 0 Å². The third-order valence-electron chi connectivity index (χ3n) is 3.79. The van der Waals surface area contributed by atoms with Crippen molar-refractivity contribution in [2.45, 2.75) is 39.0 Å². The highest BCUT2D eigenvalue weighted by molar-refractivity contribution is 9.10. The van der Waals surface area contributed by atoms with E-state index in [4.69, 9.17) is 11.6 Å². The monoisotopic (exact) mass is 330 g/mol. The van der Waals surface area contributed by atoms with Gasteiger partial charge in [-0.2, -0.15) is 0 Å². The molecule has 2 nitrogen and oxygen atoms in total. The molecule has 0 aromatic carbocycles. The molecule has 1 aromatic heterocycles. The first-order valence-corrected chi connectivity index (χ1v) is 7.87. The maximum absolute atomic E-state index is 6.12. The molecule has 0 bridgehead atoms. The molecule has 100 valence electrons. The molecule has 0 amide bonds. The molecular weight excluding hydrogens is 312 g/mol.